The molecule has 0 aliphatic heterocycles. The van der Waals surface area contributed by atoms with E-state index in [1.165, 1.54) is 5.56 Å². The van der Waals surface area contributed by atoms with Gasteiger partial charge in [0.25, 0.3) is 0 Å². The van der Waals surface area contributed by atoms with Crippen LogP contribution < -0.4 is 0 Å². The first-order chi connectivity index (χ1) is 6.74. The van der Waals surface area contributed by atoms with E-state index in [1.54, 1.807) is 0 Å². The zero-order chi connectivity index (χ0) is 10.4. The minimum absolute atomic E-state index is 0.454. The van der Waals surface area contributed by atoms with Gasteiger partial charge in [-0.05, 0) is 17.9 Å². The summed E-state index contributed by atoms with van der Waals surface area (Å²) in [5, 5.41) is 0. The van der Waals surface area contributed by atoms with Crippen LogP contribution in [-0.2, 0) is 0 Å². The highest BCUT2D eigenvalue weighted by atomic mass is 14.8. The lowest BCUT2D eigenvalue weighted by Crippen LogP contribution is -2.11. The van der Waals surface area contributed by atoms with Crippen LogP contribution in [0.2, 0.25) is 0 Å². The van der Waals surface area contributed by atoms with Crippen molar-refractivity contribution in [2.45, 2.75) is 33.2 Å². The van der Waals surface area contributed by atoms with Crippen LogP contribution >= 0.6 is 0 Å². The monoisotopic (exact) mass is 189 g/mol. The molecule has 1 heteroatoms. The van der Waals surface area contributed by atoms with Crippen molar-refractivity contribution in [2.75, 3.05) is 0 Å². The topological polar surface area (TPSA) is 12.4 Å². The third-order valence-electron chi connectivity index (χ3n) is 2.40. The Morgan fingerprint density at radius 2 is 1.86 bits per heavy atom. The van der Waals surface area contributed by atoms with Crippen molar-refractivity contribution >= 4 is 6.21 Å². The molecule has 0 saturated heterocycles. The molecule has 1 rings (SSSR count). The van der Waals surface area contributed by atoms with Gasteiger partial charge in [0.1, 0.15) is 0 Å². The van der Waals surface area contributed by atoms with E-state index in [4.69, 9.17) is 0 Å². The van der Waals surface area contributed by atoms with E-state index in [9.17, 15) is 0 Å². The van der Waals surface area contributed by atoms with Gasteiger partial charge in [-0.25, -0.2) is 0 Å². The zero-order valence-electron chi connectivity index (χ0n) is 9.27. The number of benzene rings is 1. The first-order valence-electron chi connectivity index (χ1n) is 5.32. The molecule has 0 radical (unpaired) electrons. The van der Waals surface area contributed by atoms with Gasteiger partial charge in [-0.3, -0.25) is 4.99 Å². The quantitative estimate of drug-likeness (QED) is 0.642. The van der Waals surface area contributed by atoms with Crippen molar-refractivity contribution in [2.24, 2.45) is 10.9 Å². The molecule has 1 unspecified atom stereocenters. The maximum atomic E-state index is 4.59. The van der Waals surface area contributed by atoms with Gasteiger partial charge >= 0.3 is 0 Å². The first kappa shape index (κ1) is 11.0. The Bertz CT molecular complexity index is 275. The van der Waals surface area contributed by atoms with Gasteiger partial charge in [0, 0.05) is 6.21 Å². The van der Waals surface area contributed by atoms with Gasteiger partial charge in [0.2, 0.25) is 0 Å². The molecule has 0 bridgehead atoms. The molecule has 0 amide bonds. The van der Waals surface area contributed by atoms with Crippen molar-refractivity contribution in [3.8, 4) is 0 Å². The predicted molar refractivity (Wildman–Crippen MR) is 63.0 cm³/mol. The Hall–Kier alpha value is -1.11. The molecule has 0 aromatic heterocycles. The van der Waals surface area contributed by atoms with Crippen LogP contribution in [0, 0.1) is 5.92 Å². The molecular weight excluding hydrogens is 170 g/mol. The lowest BCUT2D eigenvalue weighted by atomic mass is 10.0. The number of aliphatic imine (C=N–C) groups is 1. The lowest BCUT2D eigenvalue weighted by Gasteiger charge is -2.13. The smallest absolute Gasteiger partial charge is 0.0520 e. The van der Waals surface area contributed by atoms with Crippen molar-refractivity contribution in [1.82, 2.24) is 0 Å². The maximum Gasteiger partial charge on any atom is 0.0520 e. The average molecular weight is 189 g/mol. The molecule has 1 nitrogen and oxygen atoms in total. The van der Waals surface area contributed by atoms with Crippen LogP contribution in [0.5, 0.6) is 0 Å². The largest absolute Gasteiger partial charge is 0.289 e. The summed E-state index contributed by atoms with van der Waals surface area (Å²) in [6.45, 7) is 6.62. The summed E-state index contributed by atoms with van der Waals surface area (Å²) in [5.41, 5.74) is 1.19. The van der Waals surface area contributed by atoms with Gasteiger partial charge in [-0.15, -0.1) is 0 Å². The first-order valence-corrected chi connectivity index (χ1v) is 5.32. The lowest BCUT2D eigenvalue weighted by molar-refractivity contribution is 0.485. The molecule has 0 N–H and O–H groups in total. The summed E-state index contributed by atoms with van der Waals surface area (Å²) in [6, 6.07) is 10.7. The Morgan fingerprint density at radius 1 is 1.21 bits per heavy atom. The Labute approximate surface area is 86.9 Å². The van der Waals surface area contributed by atoms with Crippen LogP contribution in [0.3, 0.4) is 0 Å². The average Bonchev–Trinajstić information content (AvgIpc) is 2.20. The summed E-state index contributed by atoms with van der Waals surface area (Å²) >= 11 is 0. The zero-order valence-corrected chi connectivity index (χ0v) is 9.27. The van der Waals surface area contributed by atoms with Crippen LogP contribution in [0.4, 0.5) is 0 Å². The van der Waals surface area contributed by atoms with Crippen LogP contribution in [-0.4, -0.2) is 12.3 Å². The second-order valence-electron chi connectivity index (χ2n) is 3.91. The predicted octanol–water partition coefficient (Wildman–Crippen LogP) is 3.54. The summed E-state index contributed by atoms with van der Waals surface area (Å²) in [7, 11) is 0. The van der Waals surface area contributed by atoms with Crippen LogP contribution in [0.25, 0.3) is 0 Å². The number of hydrogen-bond acceptors (Lipinski definition) is 1. The van der Waals surface area contributed by atoms with Crippen molar-refractivity contribution in [3.63, 3.8) is 0 Å². The molecule has 0 fully saturated rings. The Morgan fingerprint density at radius 3 is 2.36 bits per heavy atom. The van der Waals surface area contributed by atoms with E-state index < -0.39 is 0 Å². The molecule has 0 spiro atoms. The molecule has 1 aromatic carbocycles. The van der Waals surface area contributed by atoms with Crippen molar-refractivity contribution in [1.29, 1.82) is 0 Å². The SMILES string of the molecule is CCC(/N=C/c1ccccc1)C(C)C. The van der Waals surface area contributed by atoms with E-state index in [1.807, 2.05) is 24.4 Å². The van der Waals surface area contributed by atoms with E-state index >= 15 is 0 Å². The summed E-state index contributed by atoms with van der Waals surface area (Å²) < 4.78 is 0. The molecule has 1 aromatic rings. The van der Waals surface area contributed by atoms with Crippen LogP contribution in [0.1, 0.15) is 32.8 Å². The highest BCUT2D eigenvalue weighted by molar-refractivity contribution is 5.79. The van der Waals surface area contributed by atoms with Crippen molar-refractivity contribution < 1.29 is 0 Å². The van der Waals surface area contributed by atoms with E-state index in [0.29, 0.717) is 12.0 Å². The highest BCUT2D eigenvalue weighted by Gasteiger charge is 2.06. The summed E-state index contributed by atoms with van der Waals surface area (Å²) in [4.78, 5) is 4.59. The van der Waals surface area contributed by atoms with Gasteiger partial charge in [-0.1, -0.05) is 51.1 Å². The Balaban J connectivity index is 2.63. The standard InChI is InChI=1S/C13H19N/c1-4-13(11(2)3)14-10-12-8-6-5-7-9-12/h5-11,13H,4H2,1-3H3/b14-10+. The van der Waals surface area contributed by atoms with Gasteiger partial charge in [-0.2, -0.15) is 0 Å². The molecule has 0 aliphatic carbocycles. The third kappa shape index (κ3) is 3.33. The third-order valence-corrected chi connectivity index (χ3v) is 2.40. The summed E-state index contributed by atoms with van der Waals surface area (Å²) in [5.74, 6) is 0.625. The van der Waals surface area contributed by atoms with Gasteiger partial charge in [0.15, 0.2) is 0 Å². The van der Waals surface area contributed by atoms with Gasteiger partial charge in [0.05, 0.1) is 6.04 Å². The van der Waals surface area contributed by atoms with Crippen LogP contribution in [0.15, 0.2) is 35.3 Å². The highest BCUT2D eigenvalue weighted by Crippen LogP contribution is 2.10. The molecule has 76 valence electrons. The fraction of sp³-hybridized carbons (Fsp3) is 0.462. The molecule has 0 aliphatic rings. The molecular formula is C13H19N. The second kappa shape index (κ2) is 5.58. The normalized spacial score (nSPS) is 13.7. The minimum Gasteiger partial charge on any atom is -0.289 e. The van der Waals surface area contributed by atoms with E-state index in [0.717, 1.165) is 6.42 Å². The van der Waals surface area contributed by atoms with Crippen molar-refractivity contribution in [3.05, 3.63) is 35.9 Å². The molecule has 0 heterocycles. The number of hydrogen-bond donors (Lipinski definition) is 0. The Kier molecular flexibility index (Phi) is 4.37. The fourth-order valence-electron chi connectivity index (χ4n) is 1.47. The van der Waals surface area contributed by atoms with Gasteiger partial charge < -0.3 is 0 Å². The minimum atomic E-state index is 0.454. The number of rotatable bonds is 4. The summed E-state index contributed by atoms with van der Waals surface area (Å²) in [6.07, 6.45) is 3.09. The molecule has 1 atom stereocenters. The van der Waals surface area contributed by atoms with E-state index in [-0.39, 0.29) is 0 Å². The maximum absolute atomic E-state index is 4.59. The molecule has 0 saturated carbocycles. The fourth-order valence-corrected chi connectivity index (χ4v) is 1.47. The number of nitrogens with zero attached hydrogens (tertiary/aromatic N) is 1. The second-order valence-corrected chi connectivity index (χ2v) is 3.91. The molecule has 14 heavy (non-hydrogen) atoms. The van der Waals surface area contributed by atoms with E-state index in [2.05, 4.69) is 37.9 Å².